The molecule has 2 atom stereocenters. The van der Waals surface area contributed by atoms with Crippen LogP contribution in [0.4, 0.5) is 0 Å². The molecule has 174 valence electrons. The van der Waals surface area contributed by atoms with Gasteiger partial charge < -0.3 is 14.8 Å². The van der Waals surface area contributed by atoms with Crippen molar-refractivity contribution in [1.29, 1.82) is 0 Å². The molecule has 7 heteroatoms. The molecule has 2 aliphatic rings. The number of hydrogen-bond donors (Lipinski definition) is 1. The monoisotopic (exact) mass is 491 g/mol. The minimum absolute atomic E-state index is 0.0958. The first-order valence-corrected chi connectivity index (χ1v) is 12.9. The van der Waals surface area contributed by atoms with Crippen molar-refractivity contribution in [3.8, 4) is 5.75 Å². The lowest BCUT2D eigenvalue weighted by atomic mass is 9.74. The summed E-state index contributed by atoms with van der Waals surface area (Å²) in [6, 6.07) is 15.5. The molecule has 0 saturated heterocycles. The first-order chi connectivity index (χ1) is 16.5. The summed E-state index contributed by atoms with van der Waals surface area (Å²) < 4.78 is 10.9. The lowest BCUT2D eigenvalue weighted by Crippen LogP contribution is -2.35. The number of thiophene rings is 2. The molecule has 0 amide bonds. The molecule has 5 nitrogen and oxygen atoms in total. The van der Waals surface area contributed by atoms with Crippen LogP contribution in [0.1, 0.15) is 46.9 Å². The van der Waals surface area contributed by atoms with Crippen LogP contribution in [0, 0.1) is 0 Å². The summed E-state index contributed by atoms with van der Waals surface area (Å²) in [5, 5.41) is 7.44. The number of dihydropyridines is 1. The van der Waals surface area contributed by atoms with Gasteiger partial charge in [0, 0.05) is 39.1 Å². The highest BCUT2D eigenvalue weighted by Crippen LogP contribution is 2.47. The van der Waals surface area contributed by atoms with E-state index in [1.54, 1.807) is 29.8 Å². The van der Waals surface area contributed by atoms with Crippen LogP contribution in [0.2, 0.25) is 0 Å². The Morgan fingerprint density at radius 1 is 1.03 bits per heavy atom. The largest absolute Gasteiger partial charge is 0.497 e. The number of Topliss-reactive ketones (excluding diaryl/α,β-unsaturated/α-hetero) is 1. The number of methoxy groups -OCH3 is 1. The molecule has 2 aromatic heterocycles. The summed E-state index contributed by atoms with van der Waals surface area (Å²) in [4.78, 5) is 29.1. The quantitative estimate of drug-likeness (QED) is 0.434. The molecule has 1 aliphatic heterocycles. The molecule has 34 heavy (non-hydrogen) atoms. The van der Waals surface area contributed by atoms with E-state index < -0.39 is 11.9 Å². The predicted molar refractivity (Wildman–Crippen MR) is 134 cm³/mol. The summed E-state index contributed by atoms with van der Waals surface area (Å²) in [5.41, 5.74) is 3.76. The highest BCUT2D eigenvalue weighted by molar-refractivity contribution is 7.10. The number of carbonyl (C=O) groups is 2. The Morgan fingerprint density at radius 3 is 2.38 bits per heavy atom. The van der Waals surface area contributed by atoms with Gasteiger partial charge in [0.1, 0.15) is 12.4 Å². The van der Waals surface area contributed by atoms with Gasteiger partial charge in [-0.05, 0) is 53.9 Å². The van der Waals surface area contributed by atoms with Gasteiger partial charge in [-0.3, -0.25) is 4.79 Å². The third kappa shape index (κ3) is 4.33. The predicted octanol–water partition coefficient (Wildman–Crippen LogP) is 5.92. The number of rotatable bonds is 6. The van der Waals surface area contributed by atoms with Crippen LogP contribution in [0.15, 0.2) is 81.8 Å². The molecule has 0 bridgehead atoms. The van der Waals surface area contributed by atoms with E-state index >= 15 is 0 Å². The lowest BCUT2D eigenvalue weighted by Gasteiger charge is -2.35. The minimum atomic E-state index is -0.406. The Bertz CT molecular complexity index is 1250. The zero-order valence-electron chi connectivity index (χ0n) is 19.0. The summed E-state index contributed by atoms with van der Waals surface area (Å²) >= 11 is 3.25. The fourth-order valence-corrected chi connectivity index (χ4v) is 6.40. The Morgan fingerprint density at radius 2 is 1.74 bits per heavy atom. The van der Waals surface area contributed by atoms with E-state index in [-0.39, 0.29) is 18.3 Å². The topological polar surface area (TPSA) is 64.6 Å². The van der Waals surface area contributed by atoms with Crippen LogP contribution in [0.25, 0.3) is 0 Å². The molecular formula is C27H25NO4S2. The van der Waals surface area contributed by atoms with Crippen molar-refractivity contribution in [2.24, 2.45) is 0 Å². The highest BCUT2D eigenvalue weighted by atomic mass is 32.1. The van der Waals surface area contributed by atoms with Crippen LogP contribution in [-0.4, -0.2) is 18.9 Å². The standard InChI is InChI=1S/C27H25NO4S2/c1-16-24(27(30)32-15-17-7-9-19(31-2)10-8-17)26(23-6-4-12-34-23)25-20(28-16)13-18(14-21(25)29)22-5-3-11-33-22/h3-12,18,26,28H,13-15H2,1-2H3/t18-,26+/m1/s1. The van der Waals surface area contributed by atoms with Gasteiger partial charge in [-0.1, -0.05) is 24.3 Å². The number of allylic oxidation sites excluding steroid dienone is 3. The van der Waals surface area contributed by atoms with Crippen molar-refractivity contribution in [3.63, 3.8) is 0 Å². The number of nitrogens with one attached hydrogen (secondary N) is 1. The van der Waals surface area contributed by atoms with Crippen molar-refractivity contribution in [3.05, 3.63) is 97.1 Å². The molecule has 0 fully saturated rings. The number of hydrogen-bond acceptors (Lipinski definition) is 7. The second-order valence-electron chi connectivity index (χ2n) is 8.47. The zero-order valence-corrected chi connectivity index (χ0v) is 20.6. The van der Waals surface area contributed by atoms with E-state index in [9.17, 15) is 9.59 Å². The van der Waals surface area contributed by atoms with Gasteiger partial charge in [-0.15, -0.1) is 22.7 Å². The lowest BCUT2D eigenvalue weighted by molar-refractivity contribution is -0.140. The number of carbonyl (C=O) groups excluding carboxylic acids is 2. The average molecular weight is 492 g/mol. The maximum Gasteiger partial charge on any atom is 0.337 e. The highest BCUT2D eigenvalue weighted by Gasteiger charge is 2.42. The fourth-order valence-electron chi connectivity index (χ4n) is 4.72. The second kappa shape index (κ2) is 9.60. The molecule has 3 heterocycles. The average Bonchev–Trinajstić information content (AvgIpc) is 3.56. The smallest absolute Gasteiger partial charge is 0.337 e. The van der Waals surface area contributed by atoms with Crippen molar-refractivity contribution in [1.82, 2.24) is 5.32 Å². The van der Waals surface area contributed by atoms with E-state index in [0.717, 1.165) is 34.0 Å². The SMILES string of the molecule is COc1ccc(COC(=O)C2=C(C)NC3=C(C(=O)C[C@H](c4cccs4)C3)[C@H]2c2cccs2)cc1. The summed E-state index contributed by atoms with van der Waals surface area (Å²) in [6.07, 6.45) is 1.21. The minimum Gasteiger partial charge on any atom is -0.497 e. The van der Waals surface area contributed by atoms with Gasteiger partial charge in [0.05, 0.1) is 18.6 Å². The molecule has 3 aromatic rings. The van der Waals surface area contributed by atoms with Crippen LogP contribution < -0.4 is 10.1 Å². The van der Waals surface area contributed by atoms with Gasteiger partial charge >= 0.3 is 5.97 Å². The molecule has 5 rings (SSSR count). The normalized spacial score (nSPS) is 20.1. The first-order valence-electron chi connectivity index (χ1n) is 11.2. The molecular weight excluding hydrogens is 466 g/mol. The van der Waals surface area contributed by atoms with Gasteiger partial charge in [0.25, 0.3) is 0 Å². The Balaban J connectivity index is 1.43. The Kier molecular flexibility index (Phi) is 6.39. The summed E-state index contributed by atoms with van der Waals surface area (Å²) in [6.45, 7) is 2.05. The third-order valence-corrected chi connectivity index (χ3v) is 8.32. The van der Waals surface area contributed by atoms with Gasteiger partial charge in [0.15, 0.2) is 5.78 Å². The van der Waals surface area contributed by atoms with Gasteiger partial charge in [0.2, 0.25) is 0 Å². The van der Waals surface area contributed by atoms with E-state index in [1.807, 2.05) is 54.8 Å². The number of esters is 1. The van der Waals surface area contributed by atoms with Crippen LogP contribution in [0.3, 0.4) is 0 Å². The van der Waals surface area contributed by atoms with Crippen LogP contribution in [0.5, 0.6) is 5.75 Å². The first kappa shape index (κ1) is 22.6. The van der Waals surface area contributed by atoms with Crippen molar-refractivity contribution in [2.75, 3.05) is 7.11 Å². The van der Waals surface area contributed by atoms with E-state index in [4.69, 9.17) is 9.47 Å². The number of benzene rings is 1. The van der Waals surface area contributed by atoms with E-state index in [2.05, 4.69) is 16.8 Å². The second-order valence-corrected chi connectivity index (χ2v) is 10.4. The van der Waals surface area contributed by atoms with Crippen molar-refractivity contribution < 1.29 is 19.1 Å². The Hall–Kier alpha value is -3.16. The van der Waals surface area contributed by atoms with Crippen LogP contribution in [-0.2, 0) is 20.9 Å². The van der Waals surface area contributed by atoms with Gasteiger partial charge in [-0.2, -0.15) is 0 Å². The summed E-state index contributed by atoms with van der Waals surface area (Å²) in [5.74, 6) is 0.201. The molecule has 0 radical (unpaired) electrons. The third-order valence-electron chi connectivity index (χ3n) is 6.35. The molecule has 1 N–H and O–H groups in total. The molecule has 1 aliphatic carbocycles. The van der Waals surface area contributed by atoms with Gasteiger partial charge in [-0.25, -0.2) is 4.79 Å². The molecule has 1 aromatic carbocycles. The van der Waals surface area contributed by atoms with Crippen LogP contribution >= 0.6 is 22.7 Å². The zero-order chi connectivity index (χ0) is 23.7. The molecule has 0 spiro atoms. The number of ether oxygens (including phenoxy) is 2. The van der Waals surface area contributed by atoms with Crippen molar-refractivity contribution >= 4 is 34.4 Å². The molecule has 0 unspecified atom stereocenters. The summed E-state index contributed by atoms with van der Waals surface area (Å²) in [7, 11) is 1.61. The maximum absolute atomic E-state index is 13.5. The molecule has 0 saturated carbocycles. The number of ketones is 1. The maximum atomic E-state index is 13.5. The Labute approximate surface area is 206 Å². The van der Waals surface area contributed by atoms with E-state index in [1.165, 1.54) is 4.88 Å². The van der Waals surface area contributed by atoms with Crippen molar-refractivity contribution in [2.45, 2.75) is 38.2 Å². The fraction of sp³-hybridized carbons (Fsp3) is 0.259. The van der Waals surface area contributed by atoms with E-state index in [0.29, 0.717) is 17.6 Å².